The Labute approximate surface area is 105 Å². The van der Waals surface area contributed by atoms with Crippen LogP contribution < -0.4 is 5.73 Å². The summed E-state index contributed by atoms with van der Waals surface area (Å²) in [7, 11) is 0. The lowest BCUT2D eigenvalue weighted by atomic mass is 9.85. The number of nitrogens with two attached hydrogens (primary N) is 1. The molecule has 1 aliphatic heterocycles. The van der Waals surface area contributed by atoms with Crippen molar-refractivity contribution in [2.45, 2.75) is 51.6 Å². The predicted octanol–water partition coefficient (Wildman–Crippen LogP) is 1.45. The molecule has 1 heterocycles. The van der Waals surface area contributed by atoms with Gasteiger partial charge >= 0.3 is 0 Å². The van der Waals surface area contributed by atoms with Crippen molar-refractivity contribution >= 4 is 0 Å². The lowest BCUT2D eigenvalue weighted by molar-refractivity contribution is 0.0591. The van der Waals surface area contributed by atoms with E-state index in [9.17, 15) is 5.11 Å². The first kappa shape index (κ1) is 13.3. The number of rotatable bonds is 5. The van der Waals surface area contributed by atoms with Crippen molar-refractivity contribution in [1.29, 1.82) is 0 Å². The molecule has 0 aromatic carbocycles. The Balaban J connectivity index is 1.85. The lowest BCUT2D eigenvalue weighted by Crippen LogP contribution is -2.53. The Kier molecular flexibility index (Phi) is 4.45. The van der Waals surface area contributed by atoms with Crippen LogP contribution in [0.2, 0.25) is 0 Å². The molecule has 17 heavy (non-hydrogen) atoms. The summed E-state index contributed by atoms with van der Waals surface area (Å²) in [5, 5.41) is 9.58. The van der Waals surface area contributed by atoms with Gasteiger partial charge in [0.15, 0.2) is 0 Å². The van der Waals surface area contributed by atoms with Crippen LogP contribution in [0.3, 0.4) is 0 Å². The van der Waals surface area contributed by atoms with Gasteiger partial charge in [-0.2, -0.15) is 0 Å². The second-order valence-electron chi connectivity index (χ2n) is 6.28. The van der Waals surface area contributed by atoms with E-state index in [1.165, 1.54) is 25.7 Å². The van der Waals surface area contributed by atoms with Gasteiger partial charge in [0.1, 0.15) is 0 Å². The first-order chi connectivity index (χ1) is 8.13. The fourth-order valence-electron chi connectivity index (χ4n) is 3.19. The molecular weight excluding hydrogens is 212 g/mol. The molecule has 0 spiro atoms. The summed E-state index contributed by atoms with van der Waals surface area (Å²) < 4.78 is 0. The number of nitrogens with zero attached hydrogens (tertiary/aromatic N) is 1. The van der Waals surface area contributed by atoms with Crippen LogP contribution in [0.5, 0.6) is 0 Å². The van der Waals surface area contributed by atoms with Gasteiger partial charge in [-0.1, -0.05) is 13.8 Å². The smallest absolute Gasteiger partial charge is 0.0602 e. The maximum atomic E-state index is 9.58. The fraction of sp³-hybridized carbons (Fsp3) is 1.00. The van der Waals surface area contributed by atoms with Gasteiger partial charge in [-0.15, -0.1) is 0 Å². The molecule has 1 aliphatic carbocycles. The third-order valence-corrected chi connectivity index (χ3v) is 4.78. The van der Waals surface area contributed by atoms with Crippen molar-refractivity contribution in [2.24, 2.45) is 23.5 Å². The standard InChI is InChI=1S/C14H28N2O/c1-10(2)11-5-7-16(8-6-11)13(9-17)14(15)12-3-4-12/h10-14,17H,3-9,15H2,1-2H3. The molecule has 2 atom stereocenters. The van der Waals surface area contributed by atoms with E-state index in [1.54, 1.807) is 0 Å². The largest absolute Gasteiger partial charge is 0.395 e. The monoisotopic (exact) mass is 240 g/mol. The molecule has 2 unspecified atom stereocenters. The SMILES string of the molecule is CC(C)C1CCN(C(CO)C(N)C2CC2)CC1. The van der Waals surface area contributed by atoms with E-state index < -0.39 is 0 Å². The summed E-state index contributed by atoms with van der Waals surface area (Å²) in [6.07, 6.45) is 5.07. The molecular formula is C14H28N2O. The van der Waals surface area contributed by atoms with Crippen LogP contribution in [0, 0.1) is 17.8 Å². The van der Waals surface area contributed by atoms with Crippen molar-refractivity contribution in [1.82, 2.24) is 4.90 Å². The Hall–Kier alpha value is -0.120. The lowest BCUT2D eigenvalue weighted by Gasteiger charge is -2.40. The van der Waals surface area contributed by atoms with E-state index in [4.69, 9.17) is 5.73 Å². The van der Waals surface area contributed by atoms with E-state index in [0.717, 1.165) is 24.9 Å². The van der Waals surface area contributed by atoms with Crippen LogP contribution in [-0.2, 0) is 0 Å². The number of likely N-dealkylation sites (tertiary alicyclic amines) is 1. The Morgan fingerprint density at radius 1 is 1.12 bits per heavy atom. The van der Waals surface area contributed by atoms with E-state index in [-0.39, 0.29) is 18.7 Å². The Morgan fingerprint density at radius 3 is 2.12 bits per heavy atom. The van der Waals surface area contributed by atoms with Crippen LogP contribution in [-0.4, -0.2) is 41.8 Å². The third kappa shape index (κ3) is 3.21. The molecule has 2 rings (SSSR count). The van der Waals surface area contributed by atoms with Gasteiger partial charge in [-0.25, -0.2) is 0 Å². The molecule has 3 nitrogen and oxygen atoms in total. The highest BCUT2D eigenvalue weighted by Crippen LogP contribution is 2.35. The summed E-state index contributed by atoms with van der Waals surface area (Å²) >= 11 is 0. The normalized spacial score (nSPS) is 27.4. The van der Waals surface area contributed by atoms with Gasteiger partial charge in [0.05, 0.1) is 6.61 Å². The van der Waals surface area contributed by atoms with Crippen molar-refractivity contribution in [3.05, 3.63) is 0 Å². The molecule has 0 radical (unpaired) electrons. The molecule has 1 saturated carbocycles. The molecule has 3 heteroatoms. The van der Waals surface area contributed by atoms with Gasteiger partial charge in [-0.05, 0) is 56.5 Å². The molecule has 2 fully saturated rings. The second-order valence-corrected chi connectivity index (χ2v) is 6.28. The number of aliphatic hydroxyl groups excluding tert-OH is 1. The molecule has 2 aliphatic rings. The van der Waals surface area contributed by atoms with Gasteiger partial charge < -0.3 is 10.8 Å². The minimum atomic E-state index is 0.190. The number of hydrogen-bond acceptors (Lipinski definition) is 3. The number of aliphatic hydroxyl groups is 1. The summed E-state index contributed by atoms with van der Waals surface area (Å²) in [6, 6.07) is 0.395. The summed E-state index contributed by atoms with van der Waals surface area (Å²) in [6.45, 7) is 7.10. The highest BCUT2D eigenvalue weighted by atomic mass is 16.3. The summed E-state index contributed by atoms with van der Waals surface area (Å²) in [5.41, 5.74) is 6.26. The van der Waals surface area contributed by atoms with Crippen LogP contribution >= 0.6 is 0 Å². The molecule has 0 bridgehead atoms. The van der Waals surface area contributed by atoms with E-state index in [2.05, 4.69) is 18.7 Å². The first-order valence-electron chi connectivity index (χ1n) is 7.24. The van der Waals surface area contributed by atoms with Crippen molar-refractivity contribution in [2.75, 3.05) is 19.7 Å². The summed E-state index contributed by atoms with van der Waals surface area (Å²) in [5.74, 6) is 2.33. The molecule has 1 saturated heterocycles. The second kappa shape index (κ2) is 5.68. The van der Waals surface area contributed by atoms with Crippen LogP contribution in [0.15, 0.2) is 0 Å². The van der Waals surface area contributed by atoms with E-state index >= 15 is 0 Å². The van der Waals surface area contributed by atoms with Gasteiger partial charge in [0.25, 0.3) is 0 Å². The topological polar surface area (TPSA) is 49.5 Å². The molecule has 0 amide bonds. The van der Waals surface area contributed by atoms with Crippen molar-refractivity contribution in [3.63, 3.8) is 0 Å². The third-order valence-electron chi connectivity index (χ3n) is 4.78. The van der Waals surface area contributed by atoms with Crippen molar-refractivity contribution in [3.8, 4) is 0 Å². The minimum Gasteiger partial charge on any atom is -0.395 e. The van der Waals surface area contributed by atoms with Crippen molar-refractivity contribution < 1.29 is 5.11 Å². The predicted molar refractivity (Wildman–Crippen MR) is 70.7 cm³/mol. The average Bonchev–Trinajstić information content (AvgIpc) is 3.14. The molecule has 3 N–H and O–H groups in total. The van der Waals surface area contributed by atoms with Gasteiger partial charge in [0, 0.05) is 12.1 Å². The first-order valence-corrected chi connectivity index (χ1v) is 7.24. The Bertz CT molecular complexity index is 232. The average molecular weight is 240 g/mol. The van der Waals surface area contributed by atoms with Gasteiger partial charge in [0.2, 0.25) is 0 Å². The highest BCUT2D eigenvalue weighted by molar-refractivity contribution is 4.94. The molecule has 0 aromatic rings. The number of piperidine rings is 1. The maximum absolute atomic E-state index is 9.58. The maximum Gasteiger partial charge on any atom is 0.0602 e. The van der Waals surface area contributed by atoms with Crippen LogP contribution in [0.25, 0.3) is 0 Å². The van der Waals surface area contributed by atoms with E-state index in [0.29, 0.717) is 5.92 Å². The number of hydrogen-bond donors (Lipinski definition) is 2. The summed E-state index contributed by atoms with van der Waals surface area (Å²) in [4.78, 5) is 2.43. The van der Waals surface area contributed by atoms with Gasteiger partial charge in [-0.3, -0.25) is 4.90 Å². The van der Waals surface area contributed by atoms with Crippen LogP contribution in [0.4, 0.5) is 0 Å². The molecule has 100 valence electrons. The van der Waals surface area contributed by atoms with Crippen LogP contribution in [0.1, 0.15) is 39.5 Å². The highest BCUT2D eigenvalue weighted by Gasteiger charge is 2.37. The molecule has 0 aromatic heterocycles. The zero-order valence-electron chi connectivity index (χ0n) is 11.3. The fourth-order valence-corrected chi connectivity index (χ4v) is 3.19. The quantitative estimate of drug-likeness (QED) is 0.765. The zero-order valence-corrected chi connectivity index (χ0v) is 11.3. The zero-order chi connectivity index (χ0) is 12.4. The van der Waals surface area contributed by atoms with E-state index in [1.807, 2.05) is 0 Å². The Morgan fingerprint density at radius 2 is 1.71 bits per heavy atom. The minimum absolute atomic E-state index is 0.190.